The molecule has 170 valence electrons. The highest BCUT2D eigenvalue weighted by Gasteiger charge is 2.30. The van der Waals surface area contributed by atoms with E-state index in [1.807, 2.05) is 0 Å². The van der Waals surface area contributed by atoms with Crippen LogP contribution < -0.4 is 4.72 Å². The van der Waals surface area contributed by atoms with E-state index in [1.165, 1.54) is 43.3 Å². The number of hydrogen-bond donors (Lipinski definition) is 1. The topological polar surface area (TPSA) is 80.3 Å². The molecule has 1 N–H and O–H groups in total. The molecule has 0 saturated carbocycles. The maximum absolute atomic E-state index is 12.8. The van der Waals surface area contributed by atoms with E-state index >= 15 is 0 Å². The lowest BCUT2D eigenvalue weighted by molar-refractivity contribution is -0.137. The molecule has 0 bridgehead atoms. The second-order valence-electron chi connectivity index (χ2n) is 7.09. The molecule has 0 aliphatic carbocycles. The third-order valence-corrected chi connectivity index (χ3v) is 8.14. The predicted octanol–water partition coefficient (Wildman–Crippen LogP) is 4.37. The summed E-state index contributed by atoms with van der Waals surface area (Å²) >= 11 is 0. The van der Waals surface area contributed by atoms with Crippen molar-refractivity contribution in [1.82, 2.24) is 4.72 Å². The SMILES string of the molecule is Cc1ccc(S(=O)(=O)c2ccccc2)cc1S(=O)(=O)NCCc1cccc(C(F)(F)F)c1. The zero-order valence-corrected chi connectivity index (χ0v) is 18.6. The lowest BCUT2D eigenvalue weighted by Gasteiger charge is -2.12. The molecule has 5 nitrogen and oxygen atoms in total. The molecular weight excluding hydrogens is 463 g/mol. The van der Waals surface area contributed by atoms with E-state index in [2.05, 4.69) is 4.72 Å². The molecule has 0 heterocycles. The van der Waals surface area contributed by atoms with Gasteiger partial charge in [0.2, 0.25) is 19.9 Å². The minimum atomic E-state index is -4.49. The standard InChI is InChI=1S/C22H20F3NO4S2/c1-16-10-11-20(31(27,28)19-8-3-2-4-9-19)15-21(16)32(29,30)26-13-12-17-6-5-7-18(14-17)22(23,24)25/h2-11,14-15,26H,12-13H2,1H3. The van der Waals surface area contributed by atoms with Crippen LogP contribution in [0.3, 0.4) is 0 Å². The average Bonchev–Trinajstić information content (AvgIpc) is 2.74. The number of hydrogen-bond acceptors (Lipinski definition) is 4. The Morgan fingerprint density at radius 3 is 2.16 bits per heavy atom. The first kappa shape index (κ1) is 24.0. The van der Waals surface area contributed by atoms with Gasteiger partial charge in [-0.25, -0.2) is 21.6 Å². The first-order valence-corrected chi connectivity index (χ1v) is 12.4. The van der Waals surface area contributed by atoms with E-state index in [1.54, 1.807) is 18.2 Å². The van der Waals surface area contributed by atoms with Gasteiger partial charge in [0.05, 0.1) is 20.2 Å². The van der Waals surface area contributed by atoms with Gasteiger partial charge in [-0.2, -0.15) is 13.2 Å². The van der Waals surface area contributed by atoms with E-state index in [9.17, 15) is 30.0 Å². The summed E-state index contributed by atoms with van der Waals surface area (Å²) in [6.07, 6.45) is -4.46. The Kier molecular flexibility index (Phi) is 6.77. The van der Waals surface area contributed by atoms with Crippen LogP contribution in [0.5, 0.6) is 0 Å². The molecule has 0 saturated heterocycles. The Morgan fingerprint density at radius 1 is 0.812 bits per heavy atom. The minimum Gasteiger partial charge on any atom is -0.219 e. The van der Waals surface area contributed by atoms with Gasteiger partial charge >= 0.3 is 6.18 Å². The third-order valence-electron chi connectivity index (χ3n) is 4.77. The Morgan fingerprint density at radius 2 is 1.50 bits per heavy atom. The molecule has 0 aliphatic rings. The fraction of sp³-hybridized carbons (Fsp3) is 0.182. The molecule has 0 aromatic heterocycles. The van der Waals surface area contributed by atoms with Crippen molar-refractivity contribution in [2.24, 2.45) is 0 Å². The van der Waals surface area contributed by atoms with Gasteiger partial charge in [-0.1, -0.05) is 42.5 Å². The maximum atomic E-state index is 12.8. The Labute approximate surface area is 184 Å². The maximum Gasteiger partial charge on any atom is 0.416 e. The summed E-state index contributed by atoms with van der Waals surface area (Å²) in [7, 11) is -8.02. The zero-order chi connectivity index (χ0) is 23.6. The smallest absolute Gasteiger partial charge is 0.219 e. The van der Waals surface area contributed by atoms with E-state index in [0.717, 1.165) is 18.2 Å². The quantitative estimate of drug-likeness (QED) is 0.541. The van der Waals surface area contributed by atoms with Crippen LogP contribution >= 0.6 is 0 Å². The molecule has 0 spiro atoms. The number of rotatable bonds is 7. The molecule has 10 heteroatoms. The van der Waals surface area contributed by atoms with Gasteiger partial charge in [0.1, 0.15) is 0 Å². The average molecular weight is 484 g/mol. The van der Waals surface area contributed by atoms with E-state index < -0.39 is 31.6 Å². The van der Waals surface area contributed by atoms with E-state index in [-0.39, 0.29) is 27.7 Å². The van der Waals surface area contributed by atoms with Gasteiger partial charge in [-0.15, -0.1) is 0 Å². The van der Waals surface area contributed by atoms with Crippen molar-refractivity contribution in [3.63, 3.8) is 0 Å². The highest BCUT2D eigenvalue weighted by molar-refractivity contribution is 7.91. The van der Waals surface area contributed by atoms with Crippen LogP contribution in [-0.4, -0.2) is 23.4 Å². The Bertz CT molecular complexity index is 1320. The number of nitrogens with one attached hydrogen (secondary N) is 1. The van der Waals surface area contributed by atoms with Crippen LogP contribution in [0.1, 0.15) is 16.7 Å². The summed E-state index contributed by atoms with van der Waals surface area (Å²) in [6.45, 7) is 1.37. The summed E-state index contributed by atoms with van der Waals surface area (Å²) in [6, 6.07) is 16.1. The molecule has 0 atom stereocenters. The van der Waals surface area contributed by atoms with Gasteiger partial charge in [-0.3, -0.25) is 0 Å². The van der Waals surface area contributed by atoms with Crippen molar-refractivity contribution in [2.45, 2.75) is 34.2 Å². The van der Waals surface area contributed by atoms with Gasteiger partial charge in [-0.05, 0) is 54.8 Å². The normalized spacial score (nSPS) is 12.6. The fourth-order valence-corrected chi connectivity index (χ4v) is 5.77. The van der Waals surface area contributed by atoms with E-state index in [4.69, 9.17) is 0 Å². The van der Waals surface area contributed by atoms with Crippen LogP contribution in [0, 0.1) is 6.92 Å². The summed E-state index contributed by atoms with van der Waals surface area (Å²) in [4.78, 5) is -0.351. The first-order valence-electron chi connectivity index (χ1n) is 9.48. The number of alkyl halides is 3. The lowest BCUT2D eigenvalue weighted by Crippen LogP contribution is -2.27. The second-order valence-corrected chi connectivity index (χ2v) is 10.8. The van der Waals surface area contributed by atoms with Gasteiger partial charge in [0.15, 0.2) is 0 Å². The van der Waals surface area contributed by atoms with Crippen LogP contribution in [0.15, 0.2) is 87.5 Å². The van der Waals surface area contributed by atoms with Crippen LogP contribution in [0.25, 0.3) is 0 Å². The number of sulfone groups is 1. The predicted molar refractivity (Wildman–Crippen MR) is 113 cm³/mol. The molecule has 0 unspecified atom stereocenters. The molecule has 3 rings (SSSR count). The van der Waals surface area contributed by atoms with Gasteiger partial charge in [0.25, 0.3) is 0 Å². The molecule has 0 fully saturated rings. The van der Waals surface area contributed by atoms with Crippen LogP contribution in [-0.2, 0) is 32.5 Å². The van der Waals surface area contributed by atoms with Gasteiger partial charge < -0.3 is 0 Å². The summed E-state index contributed by atoms with van der Waals surface area (Å²) in [5.74, 6) is 0. The molecule has 0 radical (unpaired) electrons. The summed E-state index contributed by atoms with van der Waals surface area (Å²) in [5.41, 5.74) is -0.157. The molecule has 3 aromatic rings. The largest absolute Gasteiger partial charge is 0.416 e. The second kappa shape index (κ2) is 9.05. The Balaban J connectivity index is 1.81. The molecule has 32 heavy (non-hydrogen) atoms. The molecule has 0 amide bonds. The molecular formula is C22H20F3NO4S2. The number of halogens is 3. The highest BCUT2D eigenvalue weighted by atomic mass is 32.2. The summed E-state index contributed by atoms with van der Waals surface area (Å²) < 4.78 is 92.1. The number of benzene rings is 3. The highest BCUT2D eigenvalue weighted by Crippen LogP contribution is 2.29. The van der Waals surface area contributed by atoms with E-state index in [0.29, 0.717) is 11.1 Å². The fourth-order valence-electron chi connectivity index (χ4n) is 3.08. The zero-order valence-electron chi connectivity index (χ0n) is 16.9. The summed E-state index contributed by atoms with van der Waals surface area (Å²) in [5, 5.41) is 0. The first-order chi connectivity index (χ1) is 14.9. The monoisotopic (exact) mass is 483 g/mol. The van der Waals surface area contributed by atoms with Crippen molar-refractivity contribution in [2.75, 3.05) is 6.54 Å². The molecule has 3 aromatic carbocycles. The Hall–Kier alpha value is -2.69. The lowest BCUT2D eigenvalue weighted by atomic mass is 10.1. The number of sulfonamides is 1. The van der Waals surface area contributed by atoms with Crippen molar-refractivity contribution >= 4 is 19.9 Å². The minimum absolute atomic E-state index is 0.0319. The van der Waals surface area contributed by atoms with Crippen molar-refractivity contribution < 1.29 is 30.0 Å². The van der Waals surface area contributed by atoms with Crippen LogP contribution in [0.2, 0.25) is 0 Å². The third kappa shape index (κ3) is 5.37. The van der Waals surface area contributed by atoms with Gasteiger partial charge in [0, 0.05) is 6.54 Å². The number of aryl methyl sites for hydroxylation is 1. The van der Waals surface area contributed by atoms with Crippen molar-refractivity contribution in [1.29, 1.82) is 0 Å². The van der Waals surface area contributed by atoms with Crippen LogP contribution in [0.4, 0.5) is 13.2 Å². The van der Waals surface area contributed by atoms with Crippen molar-refractivity contribution in [3.8, 4) is 0 Å². The van der Waals surface area contributed by atoms with Crippen molar-refractivity contribution in [3.05, 3.63) is 89.5 Å². The molecule has 0 aliphatic heterocycles.